The van der Waals surface area contributed by atoms with Crippen molar-refractivity contribution in [2.45, 2.75) is 13.0 Å². The summed E-state index contributed by atoms with van der Waals surface area (Å²) in [5.74, 6) is -0.552. The number of fused-ring (bicyclic) bond motifs is 2. The minimum atomic E-state index is -0.310. The molecule has 1 N–H and O–H groups in total. The average Bonchev–Trinajstić information content (AvgIpc) is 3.41. The van der Waals surface area contributed by atoms with Crippen LogP contribution in [-0.4, -0.2) is 36.1 Å². The summed E-state index contributed by atoms with van der Waals surface area (Å²) in [6.07, 6.45) is 10.9. The molecule has 158 valence electrons. The molecule has 7 heteroatoms. The number of hydrogen-bond donors (Lipinski definition) is 1. The number of aromatic amines is 1. The van der Waals surface area contributed by atoms with Gasteiger partial charge in [0.1, 0.15) is 17.3 Å². The molecule has 5 rings (SSSR count). The van der Waals surface area contributed by atoms with E-state index in [2.05, 4.69) is 28.2 Å². The standard InChI is InChI=1S/C24H21FN2O3S/c1-29-24(28)22-11-19-16(13-30-14-23(19)31-22)6-9-27-7-4-15(5-8-27)20-12-26-21-10-17(25)2-3-18(20)21/h2-5,7,10-13,26H,6,8-9,14H2,1H3. The van der Waals surface area contributed by atoms with Crippen LogP contribution in [0.4, 0.5) is 4.39 Å². The van der Waals surface area contributed by atoms with Crippen LogP contribution in [0, 0.1) is 5.82 Å². The highest BCUT2D eigenvalue weighted by molar-refractivity contribution is 7.14. The maximum atomic E-state index is 13.4. The maximum Gasteiger partial charge on any atom is 0.348 e. The minimum Gasteiger partial charge on any atom is -0.495 e. The Bertz CT molecular complexity index is 1250. The van der Waals surface area contributed by atoms with E-state index in [0.29, 0.717) is 11.5 Å². The van der Waals surface area contributed by atoms with Crippen molar-refractivity contribution in [3.63, 3.8) is 0 Å². The lowest BCUT2D eigenvalue weighted by atomic mass is 10.0. The third-order valence-corrected chi connectivity index (χ3v) is 6.70. The molecule has 5 nitrogen and oxygen atoms in total. The molecule has 4 heterocycles. The predicted molar refractivity (Wildman–Crippen MR) is 120 cm³/mol. The van der Waals surface area contributed by atoms with Crippen LogP contribution in [0.25, 0.3) is 22.0 Å². The first-order valence-corrected chi connectivity index (χ1v) is 10.9. The van der Waals surface area contributed by atoms with Gasteiger partial charge in [-0.1, -0.05) is 6.08 Å². The van der Waals surface area contributed by atoms with Crippen molar-refractivity contribution in [3.8, 4) is 0 Å². The van der Waals surface area contributed by atoms with Gasteiger partial charge in [-0.15, -0.1) is 11.3 Å². The number of nitrogens with zero attached hydrogens (tertiary/aromatic N) is 1. The van der Waals surface area contributed by atoms with Crippen LogP contribution in [-0.2, 0) is 16.1 Å². The quantitative estimate of drug-likeness (QED) is 0.550. The van der Waals surface area contributed by atoms with E-state index in [1.807, 2.05) is 18.3 Å². The fraction of sp³-hybridized carbons (Fsp3) is 0.208. The number of benzene rings is 1. The SMILES string of the molecule is COC(=O)c1cc2c(s1)COC=C2CCN1C=CC(c2c[nH]c3cc(F)ccc23)=CC1. The van der Waals surface area contributed by atoms with Crippen molar-refractivity contribution in [2.75, 3.05) is 20.2 Å². The second kappa shape index (κ2) is 8.07. The number of hydrogen-bond acceptors (Lipinski definition) is 5. The number of H-pyrrole nitrogens is 1. The lowest BCUT2D eigenvalue weighted by Gasteiger charge is -2.24. The largest absolute Gasteiger partial charge is 0.495 e. The number of rotatable bonds is 5. The zero-order valence-electron chi connectivity index (χ0n) is 17.0. The summed E-state index contributed by atoms with van der Waals surface area (Å²) in [5, 5.41) is 1.02. The summed E-state index contributed by atoms with van der Waals surface area (Å²) in [6.45, 7) is 2.11. The van der Waals surface area contributed by atoms with Crippen LogP contribution < -0.4 is 0 Å². The highest BCUT2D eigenvalue weighted by atomic mass is 32.1. The van der Waals surface area contributed by atoms with E-state index >= 15 is 0 Å². The van der Waals surface area contributed by atoms with Crippen LogP contribution in [0.15, 0.2) is 55.1 Å². The molecule has 0 aliphatic carbocycles. The van der Waals surface area contributed by atoms with E-state index in [-0.39, 0.29) is 11.8 Å². The number of thiophene rings is 1. The van der Waals surface area contributed by atoms with Crippen molar-refractivity contribution in [2.24, 2.45) is 0 Å². The van der Waals surface area contributed by atoms with Crippen LogP contribution in [0.3, 0.4) is 0 Å². The van der Waals surface area contributed by atoms with Gasteiger partial charge in [-0.25, -0.2) is 9.18 Å². The highest BCUT2D eigenvalue weighted by Crippen LogP contribution is 2.35. The highest BCUT2D eigenvalue weighted by Gasteiger charge is 2.21. The van der Waals surface area contributed by atoms with Crippen LogP contribution in [0.1, 0.15) is 32.1 Å². The number of nitrogens with one attached hydrogen (secondary N) is 1. The molecular weight excluding hydrogens is 415 g/mol. The van der Waals surface area contributed by atoms with Crippen molar-refractivity contribution in [1.82, 2.24) is 9.88 Å². The molecule has 0 radical (unpaired) electrons. The first kappa shape index (κ1) is 19.6. The fourth-order valence-corrected chi connectivity index (χ4v) is 5.02. The van der Waals surface area contributed by atoms with Crippen molar-refractivity contribution in [1.29, 1.82) is 0 Å². The summed E-state index contributed by atoms with van der Waals surface area (Å²) in [7, 11) is 1.40. The van der Waals surface area contributed by atoms with Gasteiger partial charge in [0.05, 0.1) is 18.2 Å². The van der Waals surface area contributed by atoms with E-state index in [1.165, 1.54) is 30.6 Å². The molecule has 2 aliphatic rings. The van der Waals surface area contributed by atoms with E-state index in [0.717, 1.165) is 57.6 Å². The van der Waals surface area contributed by atoms with Gasteiger partial charge in [-0.2, -0.15) is 0 Å². The van der Waals surface area contributed by atoms with E-state index in [4.69, 9.17) is 9.47 Å². The van der Waals surface area contributed by atoms with E-state index in [9.17, 15) is 9.18 Å². The number of ether oxygens (including phenoxy) is 2. The maximum absolute atomic E-state index is 13.4. The molecule has 31 heavy (non-hydrogen) atoms. The lowest BCUT2D eigenvalue weighted by Crippen LogP contribution is -2.21. The van der Waals surface area contributed by atoms with Gasteiger partial charge in [-0.3, -0.25) is 0 Å². The molecule has 0 fully saturated rings. The number of halogens is 1. The first-order chi connectivity index (χ1) is 15.1. The van der Waals surface area contributed by atoms with Gasteiger partial charge in [-0.05, 0) is 59.7 Å². The van der Waals surface area contributed by atoms with E-state index < -0.39 is 0 Å². The lowest BCUT2D eigenvalue weighted by molar-refractivity contribution is 0.0606. The number of carbonyl (C=O) groups excluding carboxylic acids is 1. The molecular formula is C24H21FN2O3S. The Morgan fingerprint density at radius 2 is 2.23 bits per heavy atom. The number of esters is 1. The van der Waals surface area contributed by atoms with Crippen LogP contribution in [0.5, 0.6) is 0 Å². The third-order valence-electron chi connectivity index (χ3n) is 5.62. The molecule has 0 amide bonds. The Kier molecular flexibility index (Phi) is 5.11. The second-order valence-electron chi connectivity index (χ2n) is 7.51. The number of carbonyl (C=O) groups is 1. The first-order valence-electron chi connectivity index (χ1n) is 10.0. The third kappa shape index (κ3) is 3.77. The molecule has 0 spiro atoms. The second-order valence-corrected chi connectivity index (χ2v) is 8.64. The Hall–Kier alpha value is -3.32. The Morgan fingerprint density at radius 1 is 1.32 bits per heavy atom. The molecule has 0 bridgehead atoms. The van der Waals surface area contributed by atoms with Crippen molar-refractivity contribution >= 4 is 39.4 Å². The predicted octanol–water partition coefficient (Wildman–Crippen LogP) is 5.33. The summed E-state index contributed by atoms with van der Waals surface area (Å²) < 4.78 is 23.9. The van der Waals surface area contributed by atoms with Gasteiger partial charge >= 0.3 is 5.97 Å². The van der Waals surface area contributed by atoms with E-state index in [1.54, 1.807) is 6.26 Å². The average molecular weight is 437 g/mol. The van der Waals surface area contributed by atoms with Gasteiger partial charge in [0.25, 0.3) is 0 Å². The van der Waals surface area contributed by atoms with Gasteiger partial charge in [0.15, 0.2) is 0 Å². The molecule has 0 saturated carbocycles. The molecule has 2 aromatic heterocycles. The Morgan fingerprint density at radius 3 is 3.03 bits per heavy atom. The van der Waals surface area contributed by atoms with Crippen LogP contribution in [0.2, 0.25) is 0 Å². The summed E-state index contributed by atoms with van der Waals surface area (Å²) in [5.41, 5.74) is 5.17. The molecule has 3 aromatic rings. The molecule has 2 aliphatic heterocycles. The van der Waals surface area contributed by atoms with Gasteiger partial charge in [0, 0.05) is 35.8 Å². The van der Waals surface area contributed by atoms with Gasteiger partial charge in [0.2, 0.25) is 0 Å². The summed E-state index contributed by atoms with van der Waals surface area (Å²) in [6, 6.07) is 6.73. The smallest absolute Gasteiger partial charge is 0.348 e. The zero-order chi connectivity index (χ0) is 21.4. The minimum absolute atomic E-state index is 0.242. The number of methoxy groups -OCH3 is 1. The zero-order valence-corrected chi connectivity index (χ0v) is 17.8. The van der Waals surface area contributed by atoms with Crippen molar-refractivity contribution < 1.29 is 18.7 Å². The Labute approximate surface area is 183 Å². The van der Waals surface area contributed by atoms with Gasteiger partial charge < -0.3 is 19.4 Å². The molecule has 1 aromatic carbocycles. The topological polar surface area (TPSA) is 54.6 Å². The molecule has 0 atom stereocenters. The Balaban J connectivity index is 1.25. The molecule has 0 unspecified atom stereocenters. The monoisotopic (exact) mass is 436 g/mol. The summed E-state index contributed by atoms with van der Waals surface area (Å²) >= 11 is 1.43. The van der Waals surface area contributed by atoms with Crippen LogP contribution >= 0.6 is 11.3 Å². The number of aromatic nitrogens is 1. The number of allylic oxidation sites excluding steroid dienone is 2. The normalized spacial score (nSPS) is 15.4. The molecule has 0 saturated heterocycles. The van der Waals surface area contributed by atoms with Crippen molar-refractivity contribution in [3.05, 3.63) is 81.8 Å². The summed E-state index contributed by atoms with van der Waals surface area (Å²) in [4.78, 5) is 18.9. The fourth-order valence-electron chi connectivity index (χ4n) is 3.98.